The molecule has 0 spiro atoms. The largest absolute Gasteiger partial charge is 0.398 e. The van der Waals surface area contributed by atoms with Crippen LogP contribution in [0, 0.1) is 13.8 Å². The third-order valence-corrected chi connectivity index (χ3v) is 3.26. The summed E-state index contributed by atoms with van der Waals surface area (Å²) in [6.45, 7) is 3.89. The van der Waals surface area contributed by atoms with Gasteiger partial charge in [-0.25, -0.2) is 0 Å². The maximum Gasteiger partial charge on any atom is 0.0554 e. The Bertz CT molecular complexity index is 270. The molecule has 0 aliphatic carbocycles. The van der Waals surface area contributed by atoms with E-state index in [-0.39, 0.29) is 0 Å². The Morgan fingerprint density at radius 1 is 1.45 bits per heavy atom. The molecule has 1 rings (SSSR count). The predicted octanol–water partition coefficient (Wildman–Crippen LogP) is 3.30. The van der Waals surface area contributed by atoms with E-state index in [4.69, 9.17) is 17.3 Å². The summed E-state index contributed by atoms with van der Waals surface area (Å²) in [5.74, 6) is 0. The van der Waals surface area contributed by atoms with E-state index < -0.39 is 0 Å². The van der Waals surface area contributed by atoms with Crippen molar-refractivity contribution in [3.63, 3.8) is 0 Å². The van der Waals surface area contributed by atoms with Gasteiger partial charge >= 0.3 is 0 Å². The number of anilines is 1. The first-order valence-electron chi connectivity index (χ1n) is 3.24. The van der Waals surface area contributed by atoms with Gasteiger partial charge in [0.15, 0.2) is 0 Å². The zero-order valence-corrected chi connectivity index (χ0v) is 8.75. The molecule has 1 nitrogen and oxygen atoms in total. The van der Waals surface area contributed by atoms with Crippen molar-refractivity contribution in [2.75, 3.05) is 5.73 Å². The van der Waals surface area contributed by atoms with Gasteiger partial charge in [0.05, 0.1) is 5.02 Å². The number of hydrogen-bond donors (Lipinski definition) is 1. The predicted molar refractivity (Wildman–Crippen MR) is 53.0 cm³/mol. The molecule has 60 valence electrons. The van der Waals surface area contributed by atoms with Crippen molar-refractivity contribution in [3.8, 4) is 0 Å². The van der Waals surface area contributed by atoms with Crippen LogP contribution in [-0.2, 0) is 0 Å². The first kappa shape index (κ1) is 8.88. The summed E-state index contributed by atoms with van der Waals surface area (Å²) in [5.41, 5.74) is 8.60. The third kappa shape index (κ3) is 1.52. The topological polar surface area (TPSA) is 26.0 Å². The average molecular weight is 235 g/mol. The van der Waals surface area contributed by atoms with Crippen LogP contribution in [0.25, 0.3) is 0 Å². The minimum absolute atomic E-state index is 0.717. The molecule has 2 N–H and O–H groups in total. The molecule has 0 saturated carbocycles. The molecule has 0 aliphatic heterocycles. The number of nitrogens with two attached hydrogens (primary N) is 1. The van der Waals surface area contributed by atoms with Crippen molar-refractivity contribution in [2.45, 2.75) is 13.8 Å². The van der Waals surface area contributed by atoms with Crippen molar-refractivity contribution in [2.24, 2.45) is 0 Å². The first-order valence-corrected chi connectivity index (χ1v) is 4.41. The molecular weight excluding hydrogens is 225 g/mol. The van der Waals surface area contributed by atoms with Crippen molar-refractivity contribution in [1.29, 1.82) is 0 Å². The van der Waals surface area contributed by atoms with Gasteiger partial charge in [-0.15, -0.1) is 0 Å². The van der Waals surface area contributed by atoms with E-state index in [0.29, 0.717) is 5.02 Å². The summed E-state index contributed by atoms with van der Waals surface area (Å²) >= 11 is 9.24. The van der Waals surface area contributed by atoms with E-state index in [2.05, 4.69) is 15.9 Å². The summed E-state index contributed by atoms with van der Waals surface area (Å²) in [6.07, 6.45) is 0. The summed E-state index contributed by atoms with van der Waals surface area (Å²) in [4.78, 5) is 0. The summed E-state index contributed by atoms with van der Waals surface area (Å²) in [7, 11) is 0. The lowest BCUT2D eigenvalue weighted by molar-refractivity contribution is 1.36. The van der Waals surface area contributed by atoms with E-state index in [1.165, 1.54) is 0 Å². The molecule has 0 heterocycles. The maximum atomic E-state index is 5.89. The highest BCUT2D eigenvalue weighted by Gasteiger charge is 2.06. The first-order chi connectivity index (χ1) is 5.04. The van der Waals surface area contributed by atoms with Gasteiger partial charge in [0, 0.05) is 10.2 Å². The number of benzene rings is 1. The Morgan fingerprint density at radius 3 is 2.55 bits per heavy atom. The number of nitrogen functional groups attached to an aromatic ring is 1. The van der Waals surface area contributed by atoms with E-state index in [1.54, 1.807) is 0 Å². The lowest BCUT2D eigenvalue weighted by Crippen LogP contribution is -1.94. The second-order valence-corrected chi connectivity index (χ2v) is 3.73. The molecule has 0 amide bonds. The smallest absolute Gasteiger partial charge is 0.0554 e. The zero-order valence-electron chi connectivity index (χ0n) is 6.41. The second kappa shape index (κ2) is 3.03. The Balaban J connectivity index is 3.46. The van der Waals surface area contributed by atoms with E-state index in [9.17, 15) is 0 Å². The van der Waals surface area contributed by atoms with Crippen LogP contribution in [-0.4, -0.2) is 0 Å². The van der Waals surface area contributed by atoms with Gasteiger partial charge in [-0.2, -0.15) is 0 Å². The summed E-state index contributed by atoms with van der Waals surface area (Å²) in [6, 6.07) is 1.86. The number of hydrogen-bond acceptors (Lipinski definition) is 1. The fourth-order valence-electron chi connectivity index (χ4n) is 0.924. The summed E-state index contributed by atoms with van der Waals surface area (Å²) in [5, 5.41) is 0.717. The van der Waals surface area contributed by atoms with Crippen molar-refractivity contribution >= 4 is 33.2 Å². The number of rotatable bonds is 0. The number of aryl methyl sites for hydroxylation is 1. The number of halogens is 2. The second-order valence-electron chi connectivity index (χ2n) is 2.53. The Hall–Kier alpha value is -0.210. The van der Waals surface area contributed by atoms with Crippen LogP contribution in [0.15, 0.2) is 10.5 Å². The van der Waals surface area contributed by atoms with Crippen LogP contribution >= 0.6 is 27.5 Å². The maximum absolute atomic E-state index is 5.89. The van der Waals surface area contributed by atoms with Crippen LogP contribution in [0.4, 0.5) is 5.69 Å². The monoisotopic (exact) mass is 233 g/mol. The fourth-order valence-corrected chi connectivity index (χ4v) is 1.56. The Kier molecular flexibility index (Phi) is 2.45. The lowest BCUT2D eigenvalue weighted by Gasteiger charge is -2.07. The van der Waals surface area contributed by atoms with Gasteiger partial charge in [0.1, 0.15) is 0 Å². The molecule has 1 aromatic rings. The average Bonchev–Trinajstić information content (AvgIpc) is 1.97. The minimum atomic E-state index is 0.717. The van der Waals surface area contributed by atoms with Crippen LogP contribution < -0.4 is 5.73 Å². The molecular formula is C8H9BrClN. The molecule has 0 bridgehead atoms. The van der Waals surface area contributed by atoms with Gasteiger partial charge in [-0.05, 0) is 47.0 Å². The van der Waals surface area contributed by atoms with Gasteiger partial charge in [-0.1, -0.05) is 11.6 Å². The highest BCUT2D eigenvalue weighted by molar-refractivity contribution is 9.10. The van der Waals surface area contributed by atoms with Crippen LogP contribution in [0.1, 0.15) is 11.1 Å². The van der Waals surface area contributed by atoms with Gasteiger partial charge in [0.2, 0.25) is 0 Å². The quantitative estimate of drug-likeness (QED) is 0.685. The lowest BCUT2D eigenvalue weighted by atomic mass is 10.1. The highest BCUT2D eigenvalue weighted by atomic mass is 79.9. The van der Waals surface area contributed by atoms with E-state index in [1.807, 2.05) is 19.9 Å². The van der Waals surface area contributed by atoms with Crippen molar-refractivity contribution < 1.29 is 0 Å². The van der Waals surface area contributed by atoms with Crippen molar-refractivity contribution in [1.82, 2.24) is 0 Å². The molecule has 1 aromatic carbocycles. The molecule has 0 aromatic heterocycles. The third-order valence-electron chi connectivity index (χ3n) is 1.71. The molecule has 3 heteroatoms. The zero-order chi connectivity index (χ0) is 8.59. The fraction of sp³-hybridized carbons (Fsp3) is 0.250. The van der Waals surface area contributed by atoms with Crippen LogP contribution in [0.2, 0.25) is 5.02 Å². The van der Waals surface area contributed by atoms with Gasteiger partial charge in [0.25, 0.3) is 0 Å². The molecule has 11 heavy (non-hydrogen) atoms. The van der Waals surface area contributed by atoms with E-state index in [0.717, 1.165) is 21.3 Å². The highest BCUT2D eigenvalue weighted by Crippen LogP contribution is 2.32. The van der Waals surface area contributed by atoms with Gasteiger partial charge < -0.3 is 5.73 Å². The Morgan fingerprint density at radius 2 is 2.00 bits per heavy atom. The standard InChI is InChI=1S/C8H9BrClN/c1-4-3-6(10)7(9)5(2)8(4)11/h3H,11H2,1-2H3. The van der Waals surface area contributed by atoms with Crippen LogP contribution in [0.3, 0.4) is 0 Å². The molecule has 0 fully saturated rings. The minimum Gasteiger partial charge on any atom is -0.398 e. The molecule has 0 atom stereocenters. The SMILES string of the molecule is Cc1cc(Cl)c(Br)c(C)c1N. The summed E-state index contributed by atoms with van der Waals surface area (Å²) < 4.78 is 0.891. The Labute approximate surface area is 79.7 Å². The molecule has 0 aliphatic rings. The van der Waals surface area contributed by atoms with E-state index >= 15 is 0 Å². The molecule has 0 saturated heterocycles. The normalized spacial score (nSPS) is 10.2. The molecule has 0 radical (unpaired) electrons. The van der Waals surface area contributed by atoms with Crippen molar-refractivity contribution in [3.05, 3.63) is 26.7 Å². The van der Waals surface area contributed by atoms with Gasteiger partial charge in [-0.3, -0.25) is 0 Å². The molecule has 0 unspecified atom stereocenters. The van der Waals surface area contributed by atoms with Crippen LogP contribution in [0.5, 0.6) is 0 Å².